The molecule has 4 heteroatoms. The number of halogens is 1. The lowest BCUT2D eigenvalue weighted by Gasteiger charge is -2.38. The Morgan fingerprint density at radius 3 is 2.88 bits per heavy atom. The van der Waals surface area contributed by atoms with E-state index < -0.39 is 0 Å². The van der Waals surface area contributed by atoms with Crippen LogP contribution >= 0.6 is 12.4 Å². The van der Waals surface area contributed by atoms with Crippen LogP contribution < -0.4 is 10.1 Å². The van der Waals surface area contributed by atoms with Gasteiger partial charge in [-0.1, -0.05) is 12.1 Å². The normalized spacial score (nSPS) is 28.3. The third-order valence-corrected chi connectivity index (χ3v) is 3.34. The van der Waals surface area contributed by atoms with E-state index in [0.717, 1.165) is 25.1 Å². The highest BCUT2D eigenvalue weighted by Gasteiger charge is 2.32. The molecule has 0 saturated carbocycles. The summed E-state index contributed by atoms with van der Waals surface area (Å²) in [5.74, 6) is 0.862. The number of aliphatic hydroxyl groups excluding tert-OH is 1. The highest BCUT2D eigenvalue weighted by molar-refractivity contribution is 5.85. The summed E-state index contributed by atoms with van der Waals surface area (Å²) < 4.78 is 5.23. The molecule has 0 bridgehead atoms. The minimum Gasteiger partial charge on any atom is -0.497 e. The van der Waals surface area contributed by atoms with Crippen LogP contribution in [0.2, 0.25) is 0 Å². The molecule has 1 aliphatic heterocycles. The summed E-state index contributed by atoms with van der Waals surface area (Å²) in [6.07, 6.45) is 1.37. The van der Waals surface area contributed by atoms with Crippen molar-refractivity contribution >= 4 is 12.4 Å². The highest BCUT2D eigenvalue weighted by atomic mass is 35.5. The molecule has 0 radical (unpaired) electrons. The van der Waals surface area contributed by atoms with Crippen molar-refractivity contribution in [3.63, 3.8) is 0 Å². The van der Waals surface area contributed by atoms with E-state index in [0.29, 0.717) is 0 Å². The molecule has 1 heterocycles. The SMILES string of the molecule is COc1cccc(C2(C)CC(O)CCN2)c1.Cl. The van der Waals surface area contributed by atoms with Gasteiger partial charge in [-0.3, -0.25) is 0 Å². The predicted octanol–water partition coefficient (Wildman–Crippen LogP) is 2.08. The number of piperidine rings is 1. The number of rotatable bonds is 2. The Labute approximate surface area is 109 Å². The summed E-state index contributed by atoms with van der Waals surface area (Å²) in [6, 6.07) is 8.03. The van der Waals surface area contributed by atoms with Crippen LogP contribution in [0.1, 0.15) is 25.3 Å². The Balaban J connectivity index is 0.00000144. The van der Waals surface area contributed by atoms with Gasteiger partial charge in [-0.05, 0) is 44.0 Å². The van der Waals surface area contributed by atoms with Crippen molar-refractivity contribution < 1.29 is 9.84 Å². The zero-order chi connectivity index (χ0) is 11.6. The third-order valence-electron chi connectivity index (χ3n) is 3.34. The number of benzene rings is 1. The molecule has 0 aromatic heterocycles. The monoisotopic (exact) mass is 257 g/mol. The first-order valence-electron chi connectivity index (χ1n) is 5.72. The molecule has 2 unspecified atom stereocenters. The van der Waals surface area contributed by atoms with Crippen LogP contribution in [0, 0.1) is 0 Å². The Bertz CT molecular complexity index is 372. The van der Waals surface area contributed by atoms with E-state index in [1.807, 2.05) is 18.2 Å². The zero-order valence-corrected chi connectivity index (χ0v) is 11.1. The summed E-state index contributed by atoms with van der Waals surface area (Å²) in [4.78, 5) is 0. The Hall–Kier alpha value is -0.770. The molecule has 1 aromatic carbocycles. The van der Waals surface area contributed by atoms with E-state index in [1.54, 1.807) is 7.11 Å². The summed E-state index contributed by atoms with van der Waals surface area (Å²) in [7, 11) is 1.67. The summed E-state index contributed by atoms with van der Waals surface area (Å²) >= 11 is 0. The van der Waals surface area contributed by atoms with Gasteiger partial charge in [0.25, 0.3) is 0 Å². The van der Waals surface area contributed by atoms with Gasteiger partial charge in [0.1, 0.15) is 5.75 Å². The van der Waals surface area contributed by atoms with Crippen molar-refractivity contribution in [1.29, 1.82) is 0 Å². The number of hydrogen-bond acceptors (Lipinski definition) is 3. The van der Waals surface area contributed by atoms with Crippen molar-refractivity contribution in [2.75, 3.05) is 13.7 Å². The molecular weight excluding hydrogens is 238 g/mol. The lowest BCUT2D eigenvalue weighted by Crippen LogP contribution is -2.47. The van der Waals surface area contributed by atoms with Gasteiger partial charge >= 0.3 is 0 Å². The smallest absolute Gasteiger partial charge is 0.119 e. The van der Waals surface area contributed by atoms with Gasteiger partial charge in [0.05, 0.1) is 13.2 Å². The number of ether oxygens (including phenoxy) is 1. The fraction of sp³-hybridized carbons (Fsp3) is 0.538. The number of aliphatic hydroxyl groups is 1. The van der Waals surface area contributed by atoms with Gasteiger partial charge in [0.15, 0.2) is 0 Å². The van der Waals surface area contributed by atoms with E-state index >= 15 is 0 Å². The minimum atomic E-state index is -0.211. The quantitative estimate of drug-likeness (QED) is 0.852. The number of hydrogen-bond donors (Lipinski definition) is 2. The van der Waals surface area contributed by atoms with Gasteiger partial charge in [-0.2, -0.15) is 0 Å². The first-order valence-corrected chi connectivity index (χ1v) is 5.72. The molecule has 0 aliphatic carbocycles. The predicted molar refractivity (Wildman–Crippen MR) is 70.8 cm³/mol. The third kappa shape index (κ3) is 3.12. The van der Waals surface area contributed by atoms with Crippen LogP contribution in [0.25, 0.3) is 0 Å². The zero-order valence-electron chi connectivity index (χ0n) is 10.3. The Morgan fingerprint density at radius 2 is 2.24 bits per heavy atom. The lowest BCUT2D eigenvalue weighted by atomic mass is 9.83. The average Bonchev–Trinajstić information content (AvgIpc) is 2.29. The van der Waals surface area contributed by atoms with Crippen LogP contribution in [0.4, 0.5) is 0 Å². The molecule has 96 valence electrons. The van der Waals surface area contributed by atoms with Gasteiger partial charge in [0, 0.05) is 5.54 Å². The molecule has 1 aromatic rings. The first-order chi connectivity index (χ1) is 7.64. The molecule has 2 atom stereocenters. The molecule has 1 saturated heterocycles. The maximum atomic E-state index is 9.76. The topological polar surface area (TPSA) is 41.5 Å². The highest BCUT2D eigenvalue weighted by Crippen LogP contribution is 2.31. The van der Waals surface area contributed by atoms with Crippen molar-refractivity contribution in [1.82, 2.24) is 5.32 Å². The summed E-state index contributed by atoms with van der Waals surface area (Å²) in [5.41, 5.74) is 1.03. The molecular formula is C13H20ClNO2. The number of nitrogens with one attached hydrogen (secondary N) is 1. The largest absolute Gasteiger partial charge is 0.497 e. The van der Waals surface area contributed by atoms with Crippen molar-refractivity contribution in [3.05, 3.63) is 29.8 Å². The second-order valence-electron chi connectivity index (χ2n) is 4.64. The molecule has 3 nitrogen and oxygen atoms in total. The number of methoxy groups -OCH3 is 1. The Morgan fingerprint density at radius 1 is 1.47 bits per heavy atom. The van der Waals surface area contributed by atoms with E-state index in [4.69, 9.17) is 4.74 Å². The van der Waals surface area contributed by atoms with Crippen molar-refractivity contribution in [2.45, 2.75) is 31.4 Å². The second-order valence-corrected chi connectivity index (χ2v) is 4.64. The molecule has 1 aliphatic rings. The first kappa shape index (κ1) is 14.3. The van der Waals surface area contributed by atoms with E-state index in [1.165, 1.54) is 5.56 Å². The summed E-state index contributed by atoms with van der Waals surface area (Å²) in [5, 5.41) is 13.2. The molecule has 17 heavy (non-hydrogen) atoms. The van der Waals surface area contributed by atoms with E-state index in [-0.39, 0.29) is 24.0 Å². The molecule has 2 N–H and O–H groups in total. The molecule has 2 rings (SSSR count). The average molecular weight is 258 g/mol. The lowest BCUT2D eigenvalue weighted by molar-refractivity contribution is 0.0834. The van der Waals surface area contributed by atoms with Crippen LogP contribution in [0.3, 0.4) is 0 Å². The van der Waals surface area contributed by atoms with Crippen molar-refractivity contribution in [2.24, 2.45) is 0 Å². The van der Waals surface area contributed by atoms with Gasteiger partial charge < -0.3 is 15.2 Å². The minimum absolute atomic E-state index is 0. The van der Waals surface area contributed by atoms with Gasteiger partial charge in [-0.15, -0.1) is 12.4 Å². The van der Waals surface area contributed by atoms with Crippen LogP contribution in [0.5, 0.6) is 5.75 Å². The van der Waals surface area contributed by atoms with Crippen LogP contribution in [-0.2, 0) is 5.54 Å². The summed E-state index contributed by atoms with van der Waals surface area (Å²) in [6.45, 7) is 2.99. The van der Waals surface area contributed by atoms with Crippen LogP contribution in [0.15, 0.2) is 24.3 Å². The Kier molecular flexibility index (Phi) is 4.80. The fourth-order valence-electron chi connectivity index (χ4n) is 2.35. The van der Waals surface area contributed by atoms with E-state index in [2.05, 4.69) is 18.3 Å². The standard InChI is InChI=1S/C13H19NO2.ClH/c1-13(9-11(15)6-7-14-13)10-4-3-5-12(8-10)16-2;/h3-5,8,11,14-15H,6-7,9H2,1-2H3;1H. The molecule has 0 spiro atoms. The maximum absolute atomic E-state index is 9.76. The molecule has 1 fully saturated rings. The van der Waals surface area contributed by atoms with Crippen LogP contribution in [-0.4, -0.2) is 24.9 Å². The fourth-order valence-corrected chi connectivity index (χ4v) is 2.35. The molecule has 0 amide bonds. The van der Waals surface area contributed by atoms with Crippen molar-refractivity contribution in [3.8, 4) is 5.75 Å². The van der Waals surface area contributed by atoms with Gasteiger partial charge in [-0.25, -0.2) is 0 Å². The van der Waals surface area contributed by atoms with E-state index in [9.17, 15) is 5.11 Å². The second kappa shape index (κ2) is 5.71. The van der Waals surface area contributed by atoms with Gasteiger partial charge in [0.2, 0.25) is 0 Å². The maximum Gasteiger partial charge on any atom is 0.119 e.